The van der Waals surface area contributed by atoms with Crippen molar-refractivity contribution < 1.29 is 13.9 Å². The van der Waals surface area contributed by atoms with Gasteiger partial charge in [0, 0.05) is 12.1 Å². The van der Waals surface area contributed by atoms with E-state index < -0.39 is 17.8 Å². The summed E-state index contributed by atoms with van der Waals surface area (Å²) >= 11 is 0. The lowest BCUT2D eigenvalue weighted by Gasteiger charge is -2.21. The van der Waals surface area contributed by atoms with E-state index in [1.165, 1.54) is 18.2 Å². The van der Waals surface area contributed by atoms with E-state index >= 15 is 0 Å². The van der Waals surface area contributed by atoms with Gasteiger partial charge in [0.05, 0.1) is 18.2 Å². The lowest BCUT2D eigenvalue weighted by Crippen LogP contribution is -2.30. The van der Waals surface area contributed by atoms with Gasteiger partial charge >= 0.3 is 0 Å². The molecule has 2 unspecified atom stereocenters. The molecular formula is C20H23FN2O2. The first-order valence-corrected chi connectivity index (χ1v) is 8.58. The number of halogens is 1. The Balaban J connectivity index is 1.69. The first-order valence-electron chi connectivity index (χ1n) is 8.58. The monoisotopic (exact) mass is 342 g/mol. The lowest BCUT2D eigenvalue weighted by molar-refractivity contribution is -0.120. The van der Waals surface area contributed by atoms with Crippen LogP contribution in [0.1, 0.15) is 31.4 Å². The number of benzene rings is 2. The summed E-state index contributed by atoms with van der Waals surface area (Å²) in [6.45, 7) is 2.33. The van der Waals surface area contributed by atoms with E-state index in [4.69, 9.17) is 10.5 Å². The highest BCUT2D eigenvalue weighted by Crippen LogP contribution is 2.32. The minimum absolute atomic E-state index is 0.223. The van der Waals surface area contributed by atoms with Gasteiger partial charge in [-0.3, -0.25) is 4.79 Å². The van der Waals surface area contributed by atoms with Crippen LogP contribution in [0.25, 0.3) is 0 Å². The number of carbonyl (C=O) groups is 1. The molecule has 2 atom stereocenters. The van der Waals surface area contributed by atoms with E-state index in [-0.39, 0.29) is 5.91 Å². The number of nitrogens with one attached hydrogen (secondary N) is 1. The Morgan fingerprint density at radius 1 is 1.28 bits per heavy atom. The number of amides is 1. The molecule has 0 radical (unpaired) electrons. The summed E-state index contributed by atoms with van der Waals surface area (Å²) in [5, 5.41) is 2.82. The van der Waals surface area contributed by atoms with Gasteiger partial charge < -0.3 is 15.8 Å². The van der Waals surface area contributed by atoms with Crippen LogP contribution in [0.2, 0.25) is 0 Å². The Morgan fingerprint density at radius 3 is 2.68 bits per heavy atom. The molecule has 4 nitrogen and oxygen atoms in total. The maximum absolute atomic E-state index is 13.5. The van der Waals surface area contributed by atoms with Crippen LogP contribution in [0.3, 0.4) is 0 Å². The van der Waals surface area contributed by atoms with E-state index in [1.807, 2.05) is 30.3 Å². The highest BCUT2D eigenvalue weighted by Gasteiger charge is 2.25. The molecule has 1 aliphatic rings. The highest BCUT2D eigenvalue weighted by molar-refractivity contribution is 5.94. The summed E-state index contributed by atoms with van der Waals surface area (Å²) in [6.07, 6.45) is 2.28. The second-order valence-electron chi connectivity index (χ2n) is 6.61. The normalized spacial score (nSPS) is 16.1. The summed E-state index contributed by atoms with van der Waals surface area (Å²) in [4.78, 5) is 12.6. The molecule has 3 rings (SSSR count). The molecule has 2 aromatic carbocycles. The number of hydrogen-bond donors (Lipinski definition) is 2. The molecule has 0 bridgehead atoms. The van der Waals surface area contributed by atoms with Crippen LogP contribution in [-0.4, -0.2) is 12.5 Å². The molecule has 0 aromatic heterocycles. The predicted octanol–water partition coefficient (Wildman–Crippen LogP) is 3.89. The van der Waals surface area contributed by atoms with E-state index in [2.05, 4.69) is 5.32 Å². The van der Waals surface area contributed by atoms with E-state index in [0.717, 1.165) is 18.4 Å². The molecular weight excluding hydrogens is 319 g/mol. The second-order valence-corrected chi connectivity index (χ2v) is 6.61. The largest absolute Gasteiger partial charge is 0.491 e. The third-order valence-corrected chi connectivity index (χ3v) is 4.51. The van der Waals surface area contributed by atoms with E-state index in [0.29, 0.717) is 24.0 Å². The smallest absolute Gasteiger partial charge is 0.229 e. The van der Waals surface area contributed by atoms with Crippen LogP contribution >= 0.6 is 0 Å². The van der Waals surface area contributed by atoms with Crippen molar-refractivity contribution in [3.8, 4) is 5.75 Å². The zero-order valence-corrected chi connectivity index (χ0v) is 14.2. The Bertz CT molecular complexity index is 732. The number of ether oxygens (including phenoxy) is 1. The van der Waals surface area contributed by atoms with Gasteiger partial charge in [-0.1, -0.05) is 37.3 Å². The lowest BCUT2D eigenvalue weighted by atomic mass is 9.94. The van der Waals surface area contributed by atoms with E-state index in [1.54, 1.807) is 6.92 Å². The fourth-order valence-corrected chi connectivity index (χ4v) is 2.58. The van der Waals surface area contributed by atoms with Gasteiger partial charge in [0.25, 0.3) is 0 Å². The summed E-state index contributed by atoms with van der Waals surface area (Å²) in [7, 11) is 0. The molecule has 3 N–H and O–H groups in total. The van der Waals surface area contributed by atoms with Gasteiger partial charge in [0.15, 0.2) is 0 Å². The Kier molecular flexibility index (Phi) is 5.34. The fraction of sp³-hybridized carbons (Fsp3) is 0.350. The van der Waals surface area contributed by atoms with Crippen molar-refractivity contribution in [3.05, 3.63) is 59.9 Å². The molecule has 132 valence electrons. The summed E-state index contributed by atoms with van der Waals surface area (Å²) in [5.41, 5.74) is 7.58. The van der Waals surface area contributed by atoms with Gasteiger partial charge in [-0.15, -0.1) is 0 Å². The maximum atomic E-state index is 13.5. The van der Waals surface area contributed by atoms with Gasteiger partial charge in [0.2, 0.25) is 5.91 Å². The molecule has 0 saturated heterocycles. The minimum atomic E-state index is -0.441. The quantitative estimate of drug-likeness (QED) is 0.802. The zero-order chi connectivity index (χ0) is 17.8. The van der Waals surface area contributed by atoms with Crippen molar-refractivity contribution >= 4 is 11.6 Å². The van der Waals surface area contributed by atoms with Crippen molar-refractivity contribution in [1.82, 2.24) is 0 Å². The predicted molar refractivity (Wildman–Crippen MR) is 95.8 cm³/mol. The first-order chi connectivity index (χ1) is 12.0. The van der Waals surface area contributed by atoms with E-state index in [9.17, 15) is 9.18 Å². The third-order valence-electron chi connectivity index (χ3n) is 4.51. The van der Waals surface area contributed by atoms with Crippen LogP contribution < -0.4 is 15.8 Å². The van der Waals surface area contributed by atoms with Crippen LogP contribution in [0.5, 0.6) is 5.75 Å². The SMILES string of the molecule is CC(C(=O)Nc1ccc(F)cc1OCC1CC1)C(N)c1ccccc1. The minimum Gasteiger partial charge on any atom is -0.491 e. The molecule has 25 heavy (non-hydrogen) atoms. The fourth-order valence-electron chi connectivity index (χ4n) is 2.58. The topological polar surface area (TPSA) is 64.3 Å². The molecule has 0 aliphatic heterocycles. The van der Waals surface area contributed by atoms with Crippen LogP contribution in [0.15, 0.2) is 48.5 Å². The van der Waals surface area contributed by atoms with Crippen molar-refractivity contribution in [2.24, 2.45) is 17.6 Å². The van der Waals surface area contributed by atoms with Crippen molar-refractivity contribution in [2.75, 3.05) is 11.9 Å². The Hall–Kier alpha value is -2.40. The average molecular weight is 342 g/mol. The van der Waals surface area contributed by atoms with Crippen LogP contribution in [-0.2, 0) is 4.79 Å². The number of anilines is 1. The molecule has 1 amide bonds. The molecule has 5 heteroatoms. The molecule has 1 fully saturated rings. The summed E-state index contributed by atoms with van der Waals surface area (Å²) < 4.78 is 19.2. The first kappa shape index (κ1) is 17.4. The van der Waals surface area contributed by atoms with Gasteiger partial charge in [-0.05, 0) is 36.5 Å². The standard InChI is InChI=1S/C20H23FN2O2/c1-13(19(22)15-5-3-2-4-6-15)20(24)23-17-10-9-16(21)11-18(17)25-12-14-7-8-14/h2-6,9-11,13-14,19H,7-8,12,22H2,1H3,(H,23,24). The Labute approximate surface area is 147 Å². The highest BCUT2D eigenvalue weighted by atomic mass is 19.1. The second kappa shape index (κ2) is 7.66. The number of hydrogen-bond acceptors (Lipinski definition) is 3. The van der Waals surface area contributed by atoms with Gasteiger partial charge in [-0.2, -0.15) is 0 Å². The maximum Gasteiger partial charge on any atom is 0.229 e. The number of carbonyl (C=O) groups excluding carboxylic acids is 1. The molecule has 0 spiro atoms. The Morgan fingerprint density at radius 2 is 2.00 bits per heavy atom. The summed E-state index contributed by atoms with van der Waals surface area (Å²) in [5.74, 6) is -0.154. The summed E-state index contributed by atoms with van der Waals surface area (Å²) in [6, 6.07) is 13.2. The van der Waals surface area contributed by atoms with Gasteiger partial charge in [-0.25, -0.2) is 4.39 Å². The average Bonchev–Trinajstić information content (AvgIpc) is 3.45. The zero-order valence-electron chi connectivity index (χ0n) is 14.2. The van der Waals surface area contributed by atoms with Crippen LogP contribution in [0, 0.1) is 17.7 Å². The molecule has 1 aliphatic carbocycles. The molecule has 2 aromatic rings. The van der Waals surface area contributed by atoms with Crippen molar-refractivity contribution in [2.45, 2.75) is 25.8 Å². The molecule has 0 heterocycles. The number of nitrogens with two attached hydrogens (primary N) is 1. The van der Waals surface area contributed by atoms with Gasteiger partial charge in [0.1, 0.15) is 11.6 Å². The third kappa shape index (κ3) is 4.57. The van der Waals surface area contributed by atoms with Crippen molar-refractivity contribution in [3.63, 3.8) is 0 Å². The number of rotatable bonds is 7. The van der Waals surface area contributed by atoms with Crippen LogP contribution in [0.4, 0.5) is 10.1 Å². The molecule has 1 saturated carbocycles. The van der Waals surface area contributed by atoms with Crippen molar-refractivity contribution in [1.29, 1.82) is 0 Å².